The number of hydrogen-bond donors (Lipinski definition) is 1. The molecular weight excluding hydrogens is 223 g/mol. The number of benzene rings is 1. The molecule has 1 aliphatic heterocycles. The molecule has 1 aromatic carbocycles. The highest BCUT2D eigenvalue weighted by atomic mass is 32.2. The molecule has 84 valence electrons. The molecule has 4 heteroatoms. The third kappa shape index (κ3) is 2.30. The minimum absolute atomic E-state index is 0.326. The lowest BCUT2D eigenvalue weighted by molar-refractivity contribution is 0.622. The normalized spacial score (nSPS) is 24.1. The third-order valence-corrected chi connectivity index (χ3v) is 4.14. The monoisotopic (exact) mass is 236 g/mol. The van der Waals surface area contributed by atoms with Crippen LogP contribution in [0.3, 0.4) is 0 Å². The van der Waals surface area contributed by atoms with E-state index in [1.165, 1.54) is 6.07 Å². The first-order chi connectivity index (χ1) is 7.70. The summed E-state index contributed by atoms with van der Waals surface area (Å²) < 4.78 is 13.6. The Kier molecular flexibility index (Phi) is 3.35. The van der Waals surface area contributed by atoms with Crippen LogP contribution in [0.15, 0.2) is 18.2 Å². The number of nitriles is 1. The Hall–Kier alpha value is -1.21. The van der Waals surface area contributed by atoms with Crippen molar-refractivity contribution in [1.29, 1.82) is 5.26 Å². The van der Waals surface area contributed by atoms with Crippen molar-refractivity contribution in [1.82, 2.24) is 0 Å². The highest BCUT2D eigenvalue weighted by Crippen LogP contribution is 2.29. The van der Waals surface area contributed by atoms with Gasteiger partial charge < -0.3 is 5.32 Å². The van der Waals surface area contributed by atoms with Gasteiger partial charge in [0.05, 0.1) is 17.3 Å². The van der Waals surface area contributed by atoms with Crippen LogP contribution < -0.4 is 5.32 Å². The van der Waals surface area contributed by atoms with Gasteiger partial charge in [-0.2, -0.15) is 17.0 Å². The van der Waals surface area contributed by atoms with Crippen molar-refractivity contribution in [2.45, 2.75) is 24.6 Å². The van der Waals surface area contributed by atoms with Crippen molar-refractivity contribution < 1.29 is 4.39 Å². The second-order valence-electron chi connectivity index (χ2n) is 3.92. The molecule has 0 aromatic heterocycles. The number of nitrogens with zero attached hydrogens (tertiary/aromatic N) is 1. The van der Waals surface area contributed by atoms with E-state index in [4.69, 9.17) is 5.26 Å². The van der Waals surface area contributed by atoms with Crippen LogP contribution in [0.25, 0.3) is 0 Å². The van der Waals surface area contributed by atoms with Crippen molar-refractivity contribution in [2.24, 2.45) is 0 Å². The van der Waals surface area contributed by atoms with Gasteiger partial charge in [-0.05, 0) is 30.4 Å². The van der Waals surface area contributed by atoms with Crippen molar-refractivity contribution in [3.8, 4) is 6.07 Å². The highest BCUT2D eigenvalue weighted by Gasteiger charge is 2.24. The molecule has 0 bridgehead atoms. The van der Waals surface area contributed by atoms with Crippen molar-refractivity contribution in [3.05, 3.63) is 29.6 Å². The molecule has 2 atom stereocenters. The van der Waals surface area contributed by atoms with Gasteiger partial charge in [-0.1, -0.05) is 6.92 Å². The Morgan fingerprint density at radius 3 is 2.94 bits per heavy atom. The molecule has 1 saturated heterocycles. The van der Waals surface area contributed by atoms with E-state index in [1.807, 2.05) is 17.8 Å². The lowest BCUT2D eigenvalue weighted by Gasteiger charge is -2.18. The molecule has 0 radical (unpaired) electrons. The van der Waals surface area contributed by atoms with Gasteiger partial charge in [-0.3, -0.25) is 0 Å². The number of anilines is 1. The van der Waals surface area contributed by atoms with Crippen LogP contribution in [0.5, 0.6) is 0 Å². The van der Waals surface area contributed by atoms with E-state index in [2.05, 4.69) is 12.2 Å². The smallest absolute Gasteiger partial charge is 0.147 e. The van der Waals surface area contributed by atoms with Crippen molar-refractivity contribution >= 4 is 17.4 Å². The van der Waals surface area contributed by atoms with E-state index in [9.17, 15) is 4.39 Å². The molecule has 1 heterocycles. The average molecular weight is 236 g/mol. The number of halogens is 1. The van der Waals surface area contributed by atoms with Crippen molar-refractivity contribution in [3.63, 3.8) is 0 Å². The average Bonchev–Trinajstić information content (AvgIpc) is 2.67. The summed E-state index contributed by atoms with van der Waals surface area (Å²) in [6.07, 6.45) is 1.06. The minimum Gasteiger partial charge on any atom is -0.379 e. The van der Waals surface area contributed by atoms with Gasteiger partial charge in [-0.25, -0.2) is 4.39 Å². The van der Waals surface area contributed by atoms with Crippen LogP contribution in [0.1, 0.15) is 18.9 Å². The second kappa shape index (κ2) is 4.75. The lowest BCUT2D eigenvalue weighted by atomic mass is 10.1. The van der Waals surface area contributed by atoms with Gasteiger partial charge in [0.1, 0.15) is 5.82 Å². The maximum atomic E-state index is 13.6. The summed E-state index contributed by atoms with van der Waals surface area (Å²) in [6.45, 7) is 2.15. The Bertz CT molecular complexity index is 428. The summed E-state index contributed by atoms with van der Waals surface area (Å²) in [4.78, 5) is 0. The predicted octanol–water partition coefficient (Wildman–Crippen LogP) is 3.00. The van der Waals surface area contributed by atoms with E-state index in [-0.39, 0.29) is 5.82 Å². The minimum atomic E-state index is -0.344. The standard InChI is InChI=1S/C12H13FN2S/c1-8-11(4-5-16-8)15-12-3-2-9(7-14)6-10(12)13/h2-3,6,8,11,15H,4-5H2,1H3. The summed E-state index contributed by atoms with van der Waals surface area (Å²) in [5.41, 5.74) is 0.857. The van der Waals surface area contributed by atoms with Crippen LogP contribution in [0.4, 0.5) is 10.1 Å². The molecule has 0 spiro atoms. The zero-order chi connectivity index (χ0) is 11.5. The second-order valence-corrected chi connectivity index (χ2v) is 5.41. The number of hydrogen-bond acceptors (Lipinski definition) is 3. The molecule has 2 unspecified atom stereocenters. The van der Waals surface area contributed by atoms with E-state index in [0.717, 1.165) is 12.2 Å². The summed E-state index contributed by atoms with van der Waals surface area (Å²) in [5, 5.41) is 12.4. The topological polar surface area (TPSA) is 35.8 Å². The van der Waals surface area contributed by atoms with E-state index in [1.54, 1.807) is 12.1 Å². The molecule has 1 aromatic rings. The Labute approximate surface area is 98.8 Å². The predicted molar refractivity (Wildman–Crippen MR) is 65.1 cm³/mol. The third-order valence-electron chi connectivity index (χ3n) is 2.82. The molecule has 1 fully saturated rings. The molecule has 0 aliphatic carbocycles. The fraction of sp³-hybridized carbons (Fsp3) is 0.417. The summed E-state index contributed by atoms with van der Waals surface area (Å²) in [6, 6.07) is 6.80. The molecule has 0 amide bonds. The van der Waals surface area contributed by atoms with E-state index < -0.39 is 0 Å². The Balaban J connectivity index is 2.13. The zero-order valence-electron chi connectivity index (χ0n) is 9.03. The number of rotatable bonds is 2. The highest BCUT2D eigenvalue weighted by molar-refractivity contribution is 8.00. The van der Waals surface area contributed by atoms with Crippen LogP contribution in [0, 0.1) is 17.1 Å². The molecule has 0 saturated carbocycles. The van der Waals surface area contributed by atoms with E-state index in [0.29, 0.717) is 22.5 Å². The van der Waals surface area contributed by atoms with Gasteiger partial charge in [0, 0.05) is 11.3 Å². The van der Waals surface area contributed by atoms with E-state index >= 15 is 0 Å². The number of thioether (sulfide) groups is 1. The summed E-state index contributed by atoms with van der Waals surface area (Å²) in [7, 11) is 0. The van der Waals surface area contributed by atoms with Gasteiger partial charge in [-0.15, -0.1) is 0 Å². The molecule has 1 N–H and O–H groups in total. The maximum absolute atomic E-state index is 13.6. The largest absolute Gasteiger partial charge is 0.379 e. The quantitative estimate of drug-likeness (QED) is 0.857. The van der Waals surface area contributed by atoms with Crippen molar-refractivity contribution in [2.75, 3.05) is 11.1 Å². The van der Waals surface area contributed by atoms with Gasteiger partial charge in [0.25, 0.3) is 0 Å². The first-order valence-electron chi connectivity index (χ1n) is 5.28. The first kappa shape index (κ1) is 11.3. The number of nitrogens with one attached hydrogen (secondary N) is 1. The van der Waals surface area contributed by atoms with Crippen LogP contribution in [-0.4, -0.2) is 17.0 Å². The SMILES string of the molecule is CC1SCCC1Nc1ccc(C#N)cc1F. The zero-order valence-corrected chi connectivity index (χ0v) is 9.85. The fourth-order valence-corrected chi connectivity index (χ4v) is 3.02. The Morgan fingerprint density at radius 1 is 1.56 bits per heavy atom. The molecular formula is C12H13FN2S. The maximum Gasteiger partial charge on any atom is 0.147 e. The summed E-state index contributed by atoms with van der Waals surface area (Å²) in [5.74, 6) is 0.777. The first-order valence-corrected chi connectivity index (χ1v) is 6.33. The summed E-state index contributed by atoms with van der Waals surface area (Å²) >= 11 is 1.90. The molecule has 2 rings (SSSR count). The van der Waals surface area contributed by atoms with Crippen LogP contribution in [0.2, 0.25) is 0 Å². The molecule has 16 heavy (non-hydrogen) atoms. The van der Waals surface area contributed by atoms with Crippen LogP contribution in [-0.2, 0) is 0 Å². The Morgan fingerprint density at radius 2 is 2.38 bits per heavy atom. The van der Waals surface area contributed by atoms with Gasteiger partial charge in [0.15, 0.2) is 0 Å². The fourth-order valence-electron chi connectivity index (χ4n) is 1.82. The van der Waals surface area contributed by atoms with Gasteiger partial charge >= 0.3 is 0 Å². The molecule has 2 nitrogen and oxygen atoms in total. The molecule has 1 aliphatic rings. The lowest BCUT2D eigenvalue weighted by Crippen LogP contribution is -2.25. The van der Waals surface area contributed by atoms with Crippen LogP contribution >= 0.6 is 11.8 Å². The van der Waals surface area contributed by atoms with Gasteiger partial charge in [0.2, 0.25) is 0 Å².